The summed E-state index contributed by atoms with van der Waals surface area (Å²) in [7, 11) is -1.28. The number of nitrogens with zero attached hydrogens (tertiary/aromatic N) is 1. The quantitative estimate of drug-likeness (QED) is 0.620. The lowest BCUT2D eigenvalue weighted by atomic mass is 10.2. The minimum absolute atomic E-state index is 0.0276. The molecule has 1 aromatic rings. The van der Waals surface area contributed by atoms with Crippen LogP contribution in [0.2, 0.25) is 0 Å². The lowest BCUT2D eigenvalue weighted by Gasteiger charge is -2.27. The molecule has 1 aromatic carbocycles. The molecule has 0 bridgehead atoms. The maximum atomic E-state index is 11.7. The van der Waals surface area contributed by atoms with E-state index in [-0.39, 0.29) is 23.1 Å². The van der Waals surface area contributed by atoms with Crippen LogP contribution in [0.1, 0.15) is 23.2 Å². The Bertz CT molecular complexity index is 658. The molecule has 1 fully saturated rings. The van der Waals surface area contributed by atoms with Crippen LogP contribution in [0.4, 0.5) is 0 Å². The van der Waals surface area contributed by atoms with Crippen molar-refractivity contribution in [1.82, 2.24) is 4.90 Å². The molecule has 25 heavy (non-hydrogen) atoms. The Morgan fingerprint density at radius 3 is 2.52 bits per heavy atom. The summed E-state index contributed by atoms with van der Waals surface area (Å²) in [4.78, 5) is 13.0. The van der Waals surface area contributed by atoms with E-state index in [9.17, 15) is 13.2 Å². The highest BCUT2D eigenvalue weighted by atomic mass is 32.2. The molecule has 0 aromatic heterocycles. The summed E-state index contributed by atoms with van der Waals surface area (Å²) in [5.41, 5.74) is 0.213. The van der Waals surface area contributed by atoms with Crippen molar-refractivity contribution in [3.63, 3.8) is 0 Å². The smallest absolute Gasteiger partial charge is 0.335 e. The van der Waals surface area contributed by atoms with Crippen molar-refractivity contribution in [1.29, 1.82) is 0 Å². The van der Waals surface area contributed by atoms with Crippen LogP contribution in [-0.2, 0) is 14.6 Å². The number of hydrogen-bond acceptors (Lipinski definition) is 6. The van der Waals surface area contributed by atoms with E-state index in [0.29, 0.717) is 31.9 Å². The summed E-state index contributed by atoms with van der Waals surface area (Å²) in [6.07, 6.45) is 1.49. The molecule has 140 valence electrons. The molecular weight excluding hydrogens is 346 g/mol. The molecular formula is C17H25NO6S. The second-order valence-electron chi connectivity index (χ2n) is 6.12. The fraction of sp³-hybridized carbons (Fsp3) is 0.588. The number of hydrogen-bond donors (Lipinski definition) is 1. The van der Waals surface area contributed by atoms with E-state index in [1.54, 1.807) is 19.2 Å². The molecule has 1 atom stereocenters. The number of carbonyl (C=O) groups is 1. The maximum absolute atomic E-state index is 11.7. The molecule has 0 spiro atoms. The highest BCUT2D eigenvalue weighted by Crippen LogP contribution is 2.18. The van der Waals surface area contributed by atoms with Gasteiger partial charge in [0.2, 0.25) is 0 Å². The fourth-order valence-corrected chi connectivity index (χ4v) is 4.69. The summed E-state index contributed by atoms with van der Waals surface area (Å²) in [5.74, 6) is 0.0719. The Morgan fingerprint density at radius 2 is 1.96 bits per heavy atom. The summed E-state index contributed by atoms with van der Waals surface area (Å²) >= 11 is 0. The van der Waals surface area contributed by atoms with Gasteiger partial charge in [0.05, 0.1) is 17.1 Å². The van der Waals surface area contributed by atoms with Crippen molar-refractivity contribution in [2.75, 3.05) is 44.9 Å². The molecule has 2 rings (SSSR count). The van der Waals surface area contributed by atoms with Gasteiger partial charge in [0, 0.05) is 32.8 Å². The van der Waals surface area contributed by atoms with Gasteiger partial charge in [0.25, 0.3) is 0 Å². The summed E-state index contributed by atoms with van der Waals surface area (Å²) in [5, 5.41) is 8.88. The van der Waals surface area contributed by atoms with Crippen molar-refractivity contribution in [3.05, 3.63) is 29.8 Å². The Hall–Kier alpha value is -1.64. The Labute approximate surface area is 148 Å². The lowest BCUT2D eigenvalue weighted by Crippen LogP contribution is -2.40. The number of sulfone groups is 1. The van der Waals surface area contributed by atoms with Crippen molar-refractivity contribution in [2.45, 2.75) is 18.9 Å². The Kier molecular flexibility index (Phi) is 7.22. The predicted molar refractivity (Wildman–Crippen MR) is 94.0 cm³/mol. The van der Waals surface area contributed by atoms with E-state index < -0.39 is 15.8 Å². The van der Waals surface area contributed by atoms with Gasteiger partial charge in [-0.2, -0.15) is 0 Å². The van der Waals surface area contributed by atoms with Gasteiger partial charge >= 0.3 is 5.97 Å². The van der Waals surface area contributed by atoms with Gasteiger partial charge in [-0.25, -0.2) is 13.2 Å². The van der Waals surface area contributed by atoms with Crippen molar-refractivity contribution in [3.8, 4) is 5.75 Å². The van der Waals surface area contributed by atoms with Crippen molar-refractivity contribution < 1.29 is 27.8 Å². The van der Waals surface area contributed by atoms with E-state index >= 15 is 0 Å². The lowest BCUT2D eigenvalue weighted by molar-refractivity contribution is 0.0697. The van der Waals surface area contributed by atoms with Crippen LogP contribution >= 0.6 is 0 Å². The van der Waals surface area contributed by atoms with Gasteiger partial charge in [-0.15, -0.1) is 0 Å². The molecule has 8 heteroatoms. The van der Waals surface area contributed by atoms with Crippen LogP contribution < -0.4 is 4.74 Å². The van der Waals surface area contributed by atoms with Gasteiger partial charge in [0.1, 0.15) is 12.4 Å². The molecule has 0 aliphatic carbocycles. The molecule has 1 aliphatic heterocycles. The zero-order valence-electron chi connectivity index (χ0n) is 14.4. The van der Waals surface area contributed by atoms with Crippen molar-refractivity contribution in [2.24, 2.45) is 0 Å². The molecule has 0 amide bonds. The fourth-order valence-electron chi connectivity index (χ4n) is 2.93. The highest BCUT2D eigenvalue weighted by molar-refractivity contribution is 7.91. The SMILES string of the molecule is COCCCN(CCOc1ccc(C(=O)O)cc1)C1CCS(=O)(=O)C1. The normalized spacial score (nSPS) is 19.2. The number of carboxylic acid groups (broad SMARTS) is 1. The van der Waals surface area contributed by atoms with Crippen LogP contribution in [0.25, 0.3) is 0 Å². The largest absolute Gasteiger partial charge is 0.492 e. The first-order chi connectivity index (χ1) is 11.9. The first-order valence-electron chi connectivity index (χ1n) is 8.31. The first kappa shape index (κ1) is 19.7. The third-order valence-corrected chi connectivity index (χ3v) is 6.02. The molecule has 7 nitrogen and oxygen atoms in total. The van der Waals surface area contributed by atoms with E-state index in [1.807, 2.05) is 0 Å². The molecule has 1 heterocycles. The zero-order chi connectivity index (χ0) is 18.3. The Balaban J connectivity index is 1.87. The number of carboxylic acids is 1. The van der Waals surface area contributed by atoms with Gasteiger partial charge in [-0.05, 0) is 37.1 Å². The molecule has 1 aliphatic rings. The summed E-state index contributed by atoms with van der Waals surface area (Å²) in [6.45, 7) is 2.42. The summed E-state index contributed by atoms with van der Waals surface area (Å²) in [6, 6.07) is 6.27. The number of benzene rings is 1. The highest BCUT2D eigenvalue weighted by Gasteiger charge is 2.31. The van der Waals surface area contributed by atoms with Gasteiger partial charge in [0.15, 0.2) is 9.84 Å². The predicted octanol–water partition coefficient (Wildman–Crippen LogP) is 1.29. The topological polar surface area (TPSA) is 93.1 Å². The van der Waals surface area contributed by atoms with Crippen LogP contribution in [0, 0.1) is 0 Å². The molecule has 1 unspecified atom stereocenters. The summed E-state index contributed by atoms with van der Waals surface area (Å²) < 4.78 is 34.2. The van der Waals surface area contributed by atoms with Crippen molar-refractivity contribution >= 4 is 15.8 Å². The van der Waals surface area contributed by atoms with Gasteiger partial charge < -0.3 is 14.6 Å². The first-order valence-corrected chi connectivity index (χ1v) is 10.1. The number of methoxy groups -OCH3 is 1. The number of ether oxygens (including phenoxy) is 2. The van der Waals surface area contributed by atoms with Crippen LogP contribution in [0.5, 0.6) is 5.75 Å². The second-order valence-corrected chi connectivity index (χ2v) is 8.35. The number of rotatable bonds is 10. The van der Waals surface area contributed by atoms with Crippen LogP contribution in [0.3, 0.4) is 0 Å². The molecule has 1 N–H and O–H groups in total. The molecule has 0 saturated carbocycles. The third-order valence-electron chi connectivity index (χ3n) is 4.27. The van der Waals surface area contributed by atoms with E-state index in [0.717, 1.165) is 13.0 Å². The third kappa shape index (κ3) is 6.30. The minimum atomic E-state index is -2.93. The van der Waals surface area contributed by atoms with Crippen LogP contribution in [0.15, 0.2) is 24.3 Å². The average Bonchev–Trinajstić information content (AvgIpc) is 2.94. The number of aromatic carboxylic acids is 1. The maximum Gasteiger partial charge on any atom is 0.335 e. The molecule has 0 radical (unpaired) electrons. The monoisotopic (exact) mass is 371 g/mol. The van der Waals surface area contributed by atoms with Gasteiger partial charge in [-0.3, -0.25) is 4.90 Å². The van der Waals surface area contributed by atoms with Gasteiger partial charge in [-0.1, -0.05) is 0 Å². The average molecular weight is 371 g/mol. The van der Waals surface area contributed by atoms with E-state index in [2.05, 4.69) is 4.90 Å². The second kappa shape index (κ2) is 9.17. The zero-order valence-corrected chi connectivity index (χ0v) is 15.2. The minimum Gasteiger partial charge on any atom is -0.492 e. The van der Waals surface area contributed by atoms with E-state index in [4.69, 9.17) is 14.6 Å². The molecule has 1 saturated heterocycles. The standard InChI is InChI=1S/C17H25NO6S/c1-23-10-2-8-18(15-7-12-25(21,22)13-15)9-11-24-16-5-3-14(4-6-16)17(19)20/h3-6,15H,2,7-13H2,1H3,(H,19,20). The van der Waals surface area contributed by atoms with Crippen LogP contribution in [-0.4, -0.2) is 75.4 Å². The Morgan fingerprint density at radius 1 is 1.24 bits per heavy atom. The van der Waals surface area contributed by atoms with E-state index in [1.165, 1.54) is 12.1 Å².